The Bertz CT molecular complexity index is 923. The summed E-state index contributed by atoms with van der Waals surface area (Å²) in [6, 6.07) is 9.48. The van der Waals surface area contributed by atoms with Gasteiger partial charge in [0.1, 0.15) is 23.1 Å². The number of hydrogen-bond acceptors (Lipinski definition) is 4. The Morgan fingerprint density at radius 2 is 2.20 bits per heavy atom. The van der Waals surface area contributed by atoms with Gasteiger partial charge < -0.3 is 9.72 Å². The Morgan fingerprint density at radius 3 is 3.10 bits per heavy atom. The van der Waals surface area contributed by atoms with Crippen molar-refractivity contribution in [3.63, 3.8) is 0 Å². The van der Waals surface area contributed by atoms with E-state index in [4.69, 9.17) is 17.0 Å². The quantitative estimate of drug-likeness (QED) is 0.703. The number of thiophene rings is 1. The number of H-pyrrole nitrogens is 1. The molecule has 0 spiro atoms. The molecule has 1 atom stereocenters. The van der Waals surface area contributed by atoms with Crippen LogP contribution in [0.25, 0.3) is 10.2 Å². The van der Waals surface area contributed by atoms with Crippen LogP contribution in [0.5, 0.6) is 5.75 Å². The summed E-state index contributed by atoms with van der Waals surface area (Å²) < 4.78 is 8.41. The SMILES string of the molecule is O=c1c2sccc2[nH]c(=S)n1C1COc2ccccc21. The minimum absolute atomic E-state index is 0.0518. The molecule has 1 N–H and O–H groups in total. The van der Waals surface area contributed by atoms with Gasteiger partial charge in [0.2, 0.25) is 0 Å². The third-order valence-electron chi connectivity index (χ3n) is 3.53. The maximum atomic E-state index is 12.6. The Kier molecular flexibility index (Phi) is 2.55. The first-order valence-electron chi connectivity index (χ1n) is 6.19. The molecule has 0 saturated heterocycles. The first-order chi connectivity index (χ1) is 9.75. The van der Waals surface area contributed by atoms with E-state index in [-0.39, 0.29) is 11.6 Å². The van der Waals surface area contributed by atoms with Gasteiger partial charge in [-0.05, 0) is 29.7 Å². The average Bonchev–Trinajstić information content (AvgIpc) is 3.06. The van der Waals surface area contributed by atoms with Gasteiger partial charge in [0.25, 0.3) is 5.56 Å². The molecule has 0 saturated carbocycles. The predicted octanol–water partition coefficient (Wildman–Crippen LogP) is 3.10. The number of rotatable bonds is 1. The van der Waals surface area contributed by atoms with Crippen LogP contribution in [0.2, 0.25) is 0 Å². The highest BCUT2D eigenvalue weighted by Crippen LogP contribution is 2.34. The van der Waals surface area contributed by atoms with Gasteiger partial charge >= 0.3 is 0 Å². The monoisotopic (exact) mass is 302 g/mol. The highest BCUT2D eigenvalue weighted by molar-refractivity contribution is 7.71. The summed E-state index contributed by atoms with van der Waals surface area (Å²) >= 11 is 6.78. The lowest BCUT2D eigenvalue weighted by Crippen LogP contribution is -2.27. The number of ether oxygens (including phenoxy) is 1. The highest BCUT2D eigenvalue weighted by atomic mass is 32.1. The zero-order chi connectivity index (χ0) is 13.7. The molecule has 100 valence electrons. The number of hydrogen-bond donors (Lipinski definition) is 1. The minimum Gasteiger partial charge on any atom is -0.491 e. The maximum absolute atomic E-state index is 12.6. The van der Waals surface area contributed by atoms with E-state index in [9.17, 15) is 4.79 Å². The molecule has 0 amide bonds. The molecule has 1 aliphatic heterocycles. The first-order valence-corrected chi connectivity index (χ1v) is 7.48. The third-order valence-corrected chi connectivity index (χ3v) is 4.73. The Hall–Kier alpha value is -1.92. The summed E-state index contributed by atoms with van der Waals surface area (Å²) in [4.78, 5) is 15.8. The Labute approximate surface area is 123 Å². The van der Waals surface area contributed by atoms with Gasteiger partial charge in [0, 0.05) is 5.56 Å². The zero-order valence-corrected chi connectivity index (χ0v) is 12.0. The summed E-state index contributed by atoms with van der Waals surface area (Å²) in [6.45, 7) is 0.438. The molecule has 0 radical (unpaired) electrons. The molecular weight excluding hydrogens is 292 g/mol. The van der Waals surface area contributed by atoms with E-state index in [1.54, 1.807) is 4.57 Å². The Balaban J connectivity index is 2.01. The molecule has 1 unspecified atom stereocenters. The second-order valence-corrected chi connectivity index (χ2v) is 5.94. The van der Waals surface area contributed by atoms with Crippen LogP contribution in [0.3, 0.4) is 0 Å². The van der Waals surface area contributed by atoms with Gasteiger partial charge in [-0.2, -0.15) is 0 Å². The van der Waals surface area contributed by atoms with E-state index < -0.39 is 0 Å². The van der Waals surface area contributed by atoms with E-state index in [1.807, 2.05) is 35.7 Å². The number of nitrogens with zero attached hydrogens (tertiary/aromatic N) is 1. The molecule has 0 fully saturated rings. The van der Waals surface area contributed by atoms with Crippen LogP contribution in [-0.4, -0.2) is 16.2 Å². The van der Waals surface area contributed by atoms with Crippen LogP contribution in [-0.2, 0) is 0 Å². The topological polar surface area (TPSA) is 47.0 Å². The van der Waals surface area contributed by atoms with Crippen molar-refractivity contribution in [3.8, 4) is 5.75 Å². The van der Waals surface area contributed by atoms with Crippen molar-refractivity contribution in [2.45, 2.75) is 6.04 Å². The third kappa shape index (κ3) is 1.58. The number of benzene rings is 1. The molecule has 2 aromatic heterocycles. The molecular formula is C14H10N2O2S2. The van der Waals surface area contributed by atoms with E-state index in [2.05, 4.69) is 4.98 Å². The lowest BCUT2D eigenvalue weighted by atomic mass is 10.1. The fourth-order valence-corrected chi connectivity index (χ4v) is 3.70. The lowest BCUT2D eigenvalue weighted by Gasteiger charge is -2.13. The molecule has 20 heavy (non-hydrogen) atoms. The van der Waals surface area contributed by atoms with E-state index in [1.165, 1.54) is 11.3 Å². The van der Waals surface area contributed by atoms with E-state index >= 15 is 0 Å². The molecule has 6 heteroatoms. The van der Waals surface area contributed by atoms with Gasteiger partial charge in [0.05, 0.1) is 5.52 Å². The van der Waals surface area contributed by atoms with Gasteiger partial charge in [-0.15, -0.1) is 11.3 Å². The normalized spacial score (nSPS) is 17.1. The van der Waals surface area contributed by atoms with Crippen molar-refractivity contribution in [1.29, 1.82) is 0 Å². The van der Waals surface area contributed by atoms with Gasteiger partial charge in [-0.3, -0.25) is 9.36 Å². The average molecular weight is 302 g/mol. The van der Waals surface area contributed by atoms with Crippen molar-refractivity contribution in [1.82, 2.24) is 9.55 Å². The second kappa shape index (κ2) is 4.29. The summed E-state index contributed by atoms with van der Waals surface area (Å²) in [6.07, 6.45) is 0. The predicted molar refractivity (Wildman–Crippen MR) is 81.3 cm³/mol. The summed E-state index contributed by atoms with van der Waals surface area (Å²) in [7, 11) is 0. The first kappa shape index (κ1) is 11.9. The summed E-state index contributed by atoms with van der Waals surface area (Å²) in [5, 5.41) is 1.89. The van der Waals surface area contributed by atoms with Crippen molar-refractivity contribution in [2.24, 2.45) is 0 Å². The number of aromatic nitrogens is 2. The molecule has 1 aromatic carbocycles. The van der Waals surface area contributed by atoms with Gasteiger partial charge in [-0.1, -0.05) is 18.2 Å². The smallest absolute Gasteiger partial charge is 0.272 e. The number of para-hydroxylation sites is 1. The summed E-state index contributed by atoms with van der Waals surface area (Å²) in [5.41, 5.74) is 1.75. The molecule has 1 aliphatic rings. The van der Waals surface area contributed by atoms with Crippen LogP contribution in [0.15, 0.2) is 40.5 Å². The second-order valence-electron chi connectivity index (χ2n) is 4.63. The molecule has 4 rings (SSSR count). The molecule has 3 aromatic rings. The fraction of sp³-hybridized carbons (Fsp3) is 0.143. The van der Waals surface area contributed by atoms with Crippen LogP contribution in [0, 0.1) is 4.77 Å². The number of fused-ring (bicyclic) bond motifs is 2. The van der Waals surface area contributed by atoms with Crippen LogP contribution >= 0.6 is 23.6 Å². The lowest BCUT2D eigenvalue weighted by molar-refractivity contribution is 0.313. The molecule has 0 bridgehead atoms. The fourth-order valence-electron chi connectivity index (χ4n) is 2.59. The van der Waals surface area contributed by atoms with E-state index in [0.717, 1.165) is 16.8 Å². The zero-order valence-electron chi connectivity index (χ0n) is 10.3. The Morgan fingerprint density at radius 1 is 1.35 bits per heavy atom. The van der Waals surface area contributed by atoms with Crippen molar-refractivity contribution in [3.05, 3.63) is 56.4 Å². The van der Waals surface area contributed by atoms with Gasteiger partial charge in [0.15, 0.2) is 4.77 Å². The molecule has 4 nitrogen and oxygen atoms in total. The highest BCUT2D eigenvalue weighted by Gasteiger charge is 2.27. The molecule has 3 heterocycles. The standard InChI is InChI=1S/C14H10N2O2S2/c17-13-12-9(5-6-20-12)15-14(19)16(13)10-7-18-11-4-2-1-3-8(10)11/h1-6,10H,7H2,(H,15,19). The molecule has 0 aliphatic carbocycles. The largest absolute Gasteiger partial charge is 0.491 e. The van der Waals surface area contributed by atoms with Crippen molar-refractivity contribution < 1.29 is 4.74 Å². The van der Waals surface area contributed by atoms with Crippen molar-refractivity contribution >= 4 is 33.8 Å². The van der Waals surface area contributed by atoms with Gasteiger partial charge in [-0.25, -0.2) is 0 Å². The van der Waals surface area contributed by atoms with Crippen molar-refractivity contribution in [2.75, 3.05) is 6.61 Å². The minimum atomic E-state index is -0.158. The van der Waals surface area contributed by atoms with Crippen LogP contribution in [0.4, 0.5) is 0 Å². The number of nitrogens with one attached hydrogen (secondary N) is 1. The number of aromatic amines is 1. The summed E-state index contributed by atoms with van der Waals surface area (Å²) in [5.74, 6) is 0.824. The van der Waals surface area contributed by atoms with Crippen LogP contribution in [0.1, 0.15) is 11.6 Å². The maximum Gasteiger partial charge on any atom is 0.272 e. The van der Waals surface area contributed by atoms with E-state index in [0.29, 0.717) is 16.1 Å². The van der Waals surface area contributed by atoms with Crippen LogP contribution < -0.4 is 10.3 Å².